The molecule has 4 heterocycles. The predicted octanol–water partition coefficient (Wildman–Crippen LogP) is 5.51. The summed E-state index contributed by atoms with van der Waals surface area (Å²) in [5.74, 6) is 0.669. The van der Waals surface area contributed by atoms with Gasteiger partial charge in [-0.1, -0.05) is 39.0 Å². The Bertz CT molecular complexity index is 1010. The number of aromatic nitrogens is 3. The first-order valence-electron chi connectivity index (χ1n) is 11.7. The van der Waals surface area contributed by atoms with Crippen LogP contribution in [0.15, 0.2) is 73.0 Å². The van der Waals surface area contributed by atoms with Crippen molar-refractivity contribution in [3.8, 4) is 11.3 Å². The normalized spacial score (nSPS) is 16.5. The molecule has 2 aliphatic heterocycles. The highest BCUT2D eigenvalue weighted by atomic mass is 16.5. The average molecular weight is 449 g/mol. The molecule has 2 aromatic heterocycles. The van der Waals surface area contributed by atoms with Crippen LogP contribution in [0.3, 0.4) is 0 Å². The maximum absolute atomic E-state index is 6.17. The van der Waals surface area contributed by atoms with E-state index in [0.717, 1.165) is 48.6 Å². The van der Waals surface area contributed by atoms with E-state index >= 15 is 0 Å². The van der Waals surface area contributed by atoms with Crippen molar-refractivity contribution < 1.29 is 4.74 Å². The van der Waals surface area contributed by atoms with E-state index in [1.165, 1.54) is 6.42 Å². The van der Waals surface area contributed by atoms with Crippen molar-refractivity contribution in [2.75, 3.05) is 30.8 Å². The maximum Gasteiger partial charge on any atom is 0.150 e. The highest BCUT2D eigenvalue weighted by molar-refractivity contribution is 5.68. The lowest BCUT2D eigenvalue weighted by Crippen LogP contribution is -2.19. The highest BCUT2D eigenvalue weighted by Crippen LogP contribution is 2.26. The Morgan fingerprint density at radius 2 is 2.00 bits per heavy atom. The number of hydrogen-bond donors (Lipinski definition) is 2. The topological polar surface area (TPSA) is 81.2 Å². The molecule has 7 heteroatoms. The van der Waals surface area contributed by atoms with Crippen LogP contribution in [0.4, 0.5) is 11.5 Å². The maximum atomic E-state index is 6.17. The predicted molar refractivity (Wildman–Crippen MR) is 136 cm³/mol. The number of hydrogen-bond acceptors (Lipinski definition) is 6. The zero-order valence-electron chi connectivity index (χ0n) is 20.0. The van der Waals surface area contributed by atoms with E-state index in [9.17, 15) is 0 Å². The summed E-state index contributed by atoms with van der Waals surface area (Å²) >= 11 is 0. The Morgan fingerprint density at radius 3 is 2.73 bits per heavy atom. The Kier molecular flexibility index (Phi) is 8.89. The zero-order valence-corrected chi connectivity index (χ0v) is 20.0. The lowest BCUT2D eigenvalue weighted by Gasteiger charge is -2.22. The molecule has 7 nitrogen and oxygen atoms in total. The quantitative estimate of drug-likeness (QED) is 0.606. The minimum Gasteiger partial charge on any atom is -0.396 e. The van der Waals surface area contributed by atoms with Crippen LogP contribution in [0.1, 0.15) is 46.1 Å². The first-order chi connectivity index (χ1) is 16.0. The van der Waals surface area contributed by atoms with Gasteiger partial charge in [0.1, 0.15) is 5.82 Å². The second kappa shape index (κ2) is 12.1. The number of anilines is 2. The van der Waals surface area contributed by atoms with E-state index in [-0.39, 0.29) is 0 Å². The van der Waals surface area contributed by atoms with Crippen molar-refractivity contribution >= 4 is 11.5 Å². The van der Waals surface area contributed by atoms with Crippen LogP contribution in [0, 0.1) is 0 Å². The molecule has 0 unspecified atom stereocenters. The molecule has 176 valence electrons. The van der Waals surface area contributed by atoms with E-state index < -0.39 is 0 Å². The van der Waals surface area contributed by atoms with Gasteiger partial charge in [-0.15, -0.1) is 0 Å². The fraction of sp³-hybridized carbons (Fsp3) is 0.385. The largest absolute Gasteiger partial charge is 0.396 e. The molecule has 3 N–H and O–H groups in total. The molecule has 0 radical (unpaired) electrons. The average Bonchev–Trinajstić information content (AvgIpc) is 3.32. The van der Waals surface area contributed by atoms with Gasteiger partial charge >= 0.3 is 0 Å². The number of rotatable bonds is 6. The molecule has 4 rings (SSSR count). The summed E-state index contributed by atoms with van der Waals surface area (Å²) in [6, 6.07) is 4.21. The van der Waals surface area contributed by atoms with Gasteiger partial charge in [-0.3, -0.25) is 4.68 Å². The molecule has 0 aromatic carbocycles. The second-order valence-electron chi connectivity index (χ2n) is 8.17. The molecule has 2 aliphatic rings. The molecular formula is C26H36N6O. The first-order valence-corrected chi connectivity index (χ1v) is 11.7. The smallest absolute Gasteiger partial charge is 0.150 e. The van der Waals surface area contributed by atoms with E-state index in [1.807, 2.05) is 65.5 Å². The van der Waals surface area contributed by atoms with Crippen molar-refractivity contribution in [3.05, 3.63) is 73.0 Å². The molecule has 2 aromatic rings. The number of ether oxygens (including phenoxy) is 1. The number of pyridine rings is 1. The van der Waals surface area contributed by atoms with Crippen LogP contribution in [0.5, 0.6) is 0 Å². The van der Waals surface area contributed by atoms with Gasteiger partial charge in [0.15, 0.2) is 0 Å². The van der Waals surface area contributed by atoms with Crippen LogP contribution < -0.4 is 11.1 Å². The number of nitrogens with two attached hydrogens (primary N) is 1. The molecule has 1 saturated heterocycles. The van der Waals surface area contributed by atoms with Gasteiger partial charge in [0.25, 0.3) is 0 Å². The lowest BCUT2D eigenvalue weighted by molar-refractivity contribution is 0.0662. The van der Waals surface area contributed by atoms with Crippen LogP contribution in [0.2, 0.25) is 0 Å². The van der Waals surface area contributed by atoms with Gasteiger partial charge in [-0.05, 0) is 43.5 Å². The summed E-state index contributed by atoms with van der Waals surface area (Å²) in [4.78, 5) is 6.74. The third-order valence-corrected chi connectivity index (χ3v) is 5.28. The molecule has 0 amide bonds. The molecule has 0 spiro atoms. The molecule has 33 heavy (non-hydrogen) atoms. The van der Waals surface area contributed by atoms with Gasteiger partial charge in [0.2, 0.25) is 0 Å². The van der Waals surface area contributed by atoms with Gasteiger partial charge in [-0.25, -0.2) is 4.98 Å². The van der Waals surface area contributed by atoms with Crippen molar-refractivity contribution in [2.24, 2.45) is 0 Å². The molecule has 1 fully saturated rings. The Balaban J connectivity index is 0.000000968. The summed E-state index contributed by atoms with van der Waals surface area (Å²) in [5.41, 5.74) is 10.7. The third-order valence-electron chi connectivity index (χ3n) is 5.28. The van der Waals surface area contributed by atoms with E-state index in [2.05, 4.69) is 37.0 Å². The van der Waals surface area contributed by atoms with Crippen LogP contribution in [-0.2, 0) is 4.74 Å². The van der Waals surface area contributed by atoms with E-state index in [0.29, 0.717) is 24.1 Å². The Morgan fingerprint density at radius 1 is 1.24 bits per heavy atom. The molecule has 0 atom stereocenters. The summed E-state index contributed by atoms with van der Waals surface area (Å²) in [6.07, 6.45) is 17.2. The molecule has 0 saturated carbocycles. The third kappa shape index (κ3) is 6.58. The number of nitrogen functional groups attached to an aromatic ring is 1. The summed E-state index contributed by atoms with van der Waals surface area (Å²) in [7, 11) is 0. The van der Waals surface area contributed by atoms with Crippen molar-refractivity contribution in [3.63, 3.8) is 0 Å². The van der Waals surface area contributed by atoms with Crippen LogP contribution in [0.25, 0.3) is 11.3 Å². The summed E-state index contributed by atoms with van der Waals surface area (Å²) < 4.78 is 7.48. The number of nitrogens with zero attached hydrogens (tertiary/aromatic N) is 4. The van der Waals surface area contributed by atoms with Crippen molar-refractivity contribution in [2.45, 2.75) is 46.1 Å². The highest BCUT2D eigenvalue weighted by Gasteiger charge is 2.17. The van der Waals surface area contributed by atoms with E-state index in [1.54, 1.807) is 0 Å². The second-order valence-corrected chi connectivity index (χ2v) is 8.17. The first kappa shape index (κ1) is 24.3. The number of nitrogens with one attached hydrogen (secondary N) is 1. The Labute approximate surface area is 197 Å². The fourth-order valence-corrected chi connectivity index (χ4v) is 3.58. The molecular weight excluding hydrogens is 412 g/mol. The number of allylic oxidation sites excluding steroid dienone is 2. The standard InChI is InChI=1S/C23H28N6O.C3H8/c1-3-10-28-15-18(5-4-17(28)2)13-25-23-21(24)6-7-22(27-23)19-14-26-29(16-19)20-8-11-30-12-9-20;1-3-2/h3-7,10,14-16,20H,2,8-9,11-13,24H2,1H3,(H,25,27);3H2,1-2H3/b10-3-;. The fourth-order valence-electron chi connectivity index (χ4n) is 3.58. The SMILES string of the molecule is C=C1C=CC(CNc2nc(-c3cnn(C4CCOCC4)c3)ccc2N)=CN1/C=C\C.CCC. The Hall–Kier alpha value is -3.32. The van der Waals surface area contributed by atoms with Crippen molar-refractivity contribution in [1.82, 2.24) is 19.7 Å². The van der Waals surface area contributed by atoms with Gasteiger partial charge in [-0.2, -0.15) is 5.10 Å². The lowest BCUT2D eigenvalue weighted by atomic mass is 10.1. The van der Waals surface area contributed by atoms with Crippen LogP contribution in [-0.4, -0.2) is 39.4 Å². The van der Waals surface area contributed by atoms with Gasteiger partial charge < -0.3 is 20.7 Å². The van der Waals surface area contributed by atoms with Gasteiger partial charge in [0, 0.05) is 49.6 Å². The van der Waals surface area contributed by atoms with Gasteiger partial charge in [0.05, 0.1) is 23.6 Å². The summed E-state index contributed by atoms with van der Waals surface area (Å²) in [5, 5.41) is 7.91. The molecule has 0 aliphatic carbocycles. The minimum atomic E-state index is 0.388. The zero-order chi connectivity index (χ0) is 23.6. The monoisotopic (exact) mass is 448 g/mol. The van der Waals surface area contributed by atoms with Crippen molar-refractivity contribution in [1.29, 1.82) is 0 Å². The van der Waals surface area contributed by atoms with Crippen LogP contribution >= 0.6 is 0 Å². The minimum absolute atomic E-state index is 0.388. The van der Waals surface area contributed by atoms with E-state index in [4.69, 9.17) is 15.5 Å². The summed E-state index contributed by atoms with van der Waals surface area (Å²) in [6.45, 7) is 12.5. The molecule has 0 bridgehead atoms.